The second-order valence-electron chi connectivity index (χ2n) is 8.75. The van der Waals surface area contributed by atoms with Crippen molar-refractivity contribution >= 4 is 22.5 Å². The number of rotatable bonds is 8. The summed E-state index contributed by atoms with van der Waals surface area (Å²) in [5.74, 6) is 2.32. The Morgan fingerprint density at radius 3 is 2.66 bits per heavy atom. The Hall–Kier alpha value is -3.56. The van der Waals surface area contributed by atoms with Crippen molar-refractivity contribution in [2.75, 3.05) is 44.8 Å². The van der Waals surface area contributed by atoms with Crippen LogP contribution in [0.25, 0.3) is 10.9 Å². The van der Waals surface area contributed by atoms with E-state index in [4.69, 9.17) is 19.4 Å². The van der Waals surface area contributed by atoms with Crippen molar-refractivity contribution in [2.24, 2.45) is 0 Å². The van der Waals surface area contributed by atoms with Crippen LogP contribution in [0.5, 0.6) is 5.75 Å². The van der Waals surface area contributed by atoms with Crippen LogP contribution in [0.15, 0.2) is 48.5 Å². The molecule has 0 radical (unpaired) electrons. The number of hydrogen-bond acceptors (Lipinski definition) is 7. The highest BCUT2D eigenvalue weighted by Gasteiger charge is 2.17. The summed E-state index contributed by atoms with van der Waals surface area (Å²) in [5, 5.41) is 11.4. The van der Waals surface area contributed by atoms with Crippen molar-refractivity contribution in [3.05, 3.63) is 71.4 Å². The van der Waals surface area contributed by atoms with E-state index in [1.807, 2.05) is 38.1 Å². The molecule has 1 saturated heterocycles. The predicted octanol–water partition coefficient (Wildman–Crippen LogP) is 4.41. The maximum absolute atomic E-state index is 13.5. The van der Waals surface area contributed by atoms with E-state index in [9.17, 15) is 4.39 Å². The molecule has 35 heavy (non-hydrogen) atoms. The Balaban J connectivity index is 1.43. The average Bonchev–Trinajstić information content (AvgIpc) is 3.29. The third kappa shape index (κ3) is 5.58. The van der Waals surface area contributed by atoms with Crippen molar-refractivity contribution in [1.29, 1.82) is 0 Å². The van der Waals surface area contributed by atoms with E-state index in [2.05, 4.69) is 20.4 Å². The molecule has 2 N–H and O–H groups in total. The van der Waals surface area contributed by atoms with Gasteiger partial charge in [0.1, 0.15) is 29.8 Å². The van der Waals surface area contributed by atoms with Crippen LogP contribution in [-0.4, -0.2) is 64.5 Å². The minimum atomic E-state index is -0.268. The molecule has 182 valence electrons. The highest BCUT2D eigenvalue weighted by Crippen LogP contribution is 2.30. The molecule has 1 unspecified atom stereocenters. The first-order valence-electron chi connectivity index (χ1n) is 11.8. The van der Waals surface area contributed by atoms with E-state index < -0.39 is 0 Å². The van der Waals surface area contributed by atoms with Crippen molar-refractivity contribution in [2.45, 2.75) is 19.8 Å². The molecule has 0 aliphatic carbocycles. The van der Waals surface area contributed by atoms with Crippen molar-refractivity contribution in [3.63, 3.8) is 0 Å². The van der Waals surface area contributed by atoms with Gasteiger partial charge in [0.05, 0.1) is 18.7 Å². The molecule has 3 heterocycles. The standard InChI is InChI=1S/C26H29FN6O2/c1-17-15-24(32-31-17)29-26-22-8-7-21(35-14-11-33-9-12-34-13-10-33)16-23(22)28-25(30-26)18(2)19-3-5-20(27)6-4-19/h3-8,15-16,18H,9-14H2,1-2H3,(H2,28,29,30,31,32). The van der Waals surface area contributed by atoms with Crippen LogP contribution in [-0.2, 0) is 4.74 Å². The molecular weight excluding hydrogens is 447 g/mol. The zero-order chi connectivity index (χ0) is 24.2. The SMILES string of the molecule is Cc1cc(Nc2nc(C(C)c3ccc(F)cc3)nc3cc(OCCN4CCOCC4)ccc23)n[nH]1. The van der Waals surface area contributed by atoms with Crippen LogP contribution in [0.2, 0.25) is 0 Å². The van der Waals surface area contributed by atoms with Gasteiger partial charge in [-0.3, -0.25) is 10.00 Å². The number of benzene rings is 2. The van der Waals surface area contributed by atoms with Gasteiger partial charge in [0.15, 0.2) is 5.82 Å². The number of aryl methyl sites for hydroxylation is 1. The van der Waals surface area contributed by atoms with Crippen LogP contribution in [0, 0.1) is 12.7 Å². The summed E-state index contributed by atoms with van der Waals surface area (Å²) in [5.41, 5.74) is 2.65. The van der Waals surface area contributed by atoms with Gasteiger partial charge in [-0.2, -0.15) is 5.10 Å². The number of morpholine rings is 1. The minimum absolute atomic E-state index is 0.132. The van der Waals surface area contributed by atoms with Crippen LogP contribution in [0.4, 0.5) is 16.0 Å². The average molecular weight is 477 g/mol. The molecule has 0 amide bonds. The van der Waals surface area contributed by atoms with Gasteiger partial charge in [0.25, 0.3) is 0 Å². The van der Waals surface area contributed by atoms with Gasteiger partial charge in [-0.05, 0) is 36.8 Å². The molecule has 5 rings (SSSR count). The molecule has 0 bridgehead atoms. The van der Waals surface area contributed by atoms with Crippen molar-refractivity contribution < 1.29 is 13.9 Å². The smallest absolute Gasteiger partial charge is 0.153 e. The van der Waals surface area contributed by atoms with E-state index >= 15 is 0 Å². The van der Waals surface area contributed by atoms with E-state index in [-0.39, 0.29) is 11.7 Å². The molecule has 8 nitrogen and oxygen atoms in total. The van der Waals surface area contributed by atoms with Gasteiger partial charge in [0.2, 0.25) is 0 Å². The summed E-state index contributed by atoms with van der Waals surface area (Å²) >= 11 is 0. The monoisotopic (exact) mass is 476 g/mol. The predicted molar refractivity (Wildman–Crippen MR) is 133 cm³/mol. The topological polar surface area (TPSA) is 88.2 Å². The van der Waals surface area contributed by atoms with Gasteiger partial charge >= 0.3 is 0 Å². The number of aromatic nitrogens is 4. The Bertz CT molecular complexity index is 1290. The maximum atomic E-state index is 13.5. The molecule has 4 aromatic rings. The molecule has 1 atom stereocenters. The maximum Gasteiger partial charge on any atom is 0.153 e. The number of hydrogen-bond donors (Lipinski definition) is 2. The Morgan fingerprint density at radius 1 is 1.11 bits per heavy atom. The molecule has 2 aromatic heterocycles. The number of aromatic amines is 1. The molecule has 0 saturated carbocycles. The fourth-order valence-corrected chi connectivity index (χ4v) is 4.13. The number of H-pyrrole nitrogens is 1. The van der Waals surface area contributed by atoms with Crippen LogP contribution < -0.4 is 10.1 Å². The van der Waals surface area contributed by atoms with Crippen LogP contribution in [0.1, 0.15) is 29.9 Å². The Kier molecular flexibility index (Phi) is 6.87. The fourth-order valence-electron chi connectivity index (χ4n) is 4.13. The molecule has 2 aromatic carbocycles. The summed E-state index contributed by atoms with van der Waals surface area (Å²) in [4.78, 5) is 12.0. The summed E-state index contributed by atoms with van der Waals surface area (Å²) in [7, 11) is 0. The number of nitrogens with zero attached hydrogens (tertiary/aromatic N) is 4. The van der Waals surface area contributed by atoms with Crippen LogP contribution >= 0.6 is 0 Å². The number of nitrogens with one attached hydrogen (secondary N) is 2. The molecule has 1 aliphatic rings. The third-order valence-electron chi connectivity index (χ3n) is 6.18. The Morgan fingerprint density at radius 2 is 1.91 bits per heavy atom. The zero-order valence-corrected chi connectivity index (χ0v) is 19.9. The molecule has 1 aliphatic heterocycles. The van der Waals surface area contributed by atoms with E-state index in [0.717, 1.165) is 60.8 Å². The number of ether oxygens (including phenoxy) is 2. The van der Waals surface area contributed by atoms with E-state index in [1.165, 1.54) is 12.1 Å². The number of anilines is 2. The first-order chi connectivity index (χ1) is 17.0. The second-order valence-corrected chi connectivity index (χ2v) is 8.75. The summed E-state index contributed by atoms with van der Waals surface area (Å²) < 4.78 is 24.9. The lowest BCUT2D eigenvalue weighted by molar-refractivity contribution is 0.0322. The summed E-state index contributed by atoms with van der Waals surface area (Å²) in [6, 6.07) is 14.2. The quantitative estimate of drug-likeness (QED) is 0.390. The minimum Gasteiger partial charge on any atom is -0.492 e. The first-order valence-corrected chi connectivity index (χ1v) is 11.8. The van der Waals surface area contributed by atoms with Gasteiger partial charge in [-0.15, -0.1) is 0 Å². The number of halogens is 1. The highest BCUT2D eigenvalue weighted by molar-refractivity contribution is 5.91. The molecular formula is C26H29FN6O2. The lowest BCUT2D eigenvalue weighted by Gasteiger charge is -2.26. The third-order valence-corrected chi connectivity index (χ3v) is 6.18. The molecule has 1 fully saturated rings. The van der Waals surface area contributed by atoms with E-state index in [1.54, 1.807) is 12.1 Å². The van der Waals surface area contributed by atoms with Crippen molar-refractivity contribution in [1.82, 2.24) is 25.1 Å². The number of fused-ring (bicyclic) bond motifs is 1. The summed E-state index contributed by atoms with van der Waals surface area (Å²) in [6.45, 7) is 8.80. The van der Waals surface area contributed by atoms with Crippen molar-refractivity contribution in [3.8, 4) is 5.75 Å². The fraction of sp³-hybridized carbons (Fsp3) is 0.346. The first kappa shape index (κ1) is 23.2. The summed E-state index contributed by atoms with van der Waals surface area (Å²) in [6.07, 6.45) is 0. The highest BCUT2D eigenvalue weighted by atomic mass is 19.1. The lowest BCUT2D eigenvalue weighted by Crippen LogP contribution is -2.38. The van der Waals surface area contributed by atoms with Gasteiger partial charge < -0.3 is 14.8 Å². The largest absolute Gasteiger partial charge is 0.492 e. The zero-order valence-electron chi connectivity index (χ0n) is 19.9. The van der Waals surface area contributed by atoms with Gasteiger partial charge in [-0.1, -0.05) is 19.1 Å². The van der Waals surface area contributed by atoms with Crippen LogP contribution in [0.3, 0.4) is 0 Å². The Labute approximate surface area is 203 Å². The lowest BCUT2D eigenvalue weighted by atomic mass is 10.00. The van der Waals surface area contributed by atoms with Gasteiger partial charge in [-0.25, -0.2) is 14.4 Å². The van der Waals surface area contributed by atoms with E-state index in [0.29, 0.717) is 24.1 Å². The van der Waals surface area contributed by atoms with Gasteiger partial charge in [0, 0.05) is 48.8 Å². The molecule has 0 spiro atoms. The second kappa shape index (κ2) is 10.4. The normalized spacial score (nSPS) is 15.3. The molecule has 9 heteroatoms.